The molecule has 2 aromatic rings. The Kier molecular flexibility index (Phi) is 4.68. The molecule has 0 fully saturated rings. The highest BCUT2D eigenvalue weighted by molar-refractivity contribution is 7.15. The molecule has 6 heteroatoms. The van der Waals surface area contributed by atoms with Gasteiger partial charge in [-0.15, -0.1) is 0 Å². The third-order valence-electron chi connectivity index (χ3n) is 2.77. The van der Waals surface area contributed by atoms with Gasteiger partial charge >= 0.3 is 0 Å². The summed E-state index contributed by atoms with van der Waals surface area (Å²) >= 11 is 1.61. The van der Waals surface area contributed by atoms with Crippen LogP contribution in [0.1, 0.15) is 4.88 Å². The van der Waals surface area contributed by atoms with Crippen molar-refractivity contribution >= 4 is 22.2 Å². The third kappa shape index (κ3) is 3.14. The zero-order valence-corrected chi connectivity index (χ0v) is 13.0. The van der Waals surface area contributed by atoms with Crippen LogP contribution in [0.25, 0.3) is 0 Å². The van der Waals surface area contributed by atoms with Crippen molar-refractivity contribution in [2.45, 2.75) is 6.54 Å². The molecule has 20 heavy (non-hydrogen) atoms. The van der Waals surface area contributed by atoms with Crippen LogP contribution >= 0.6 is 11.3 Å². The van der Waals surface area contributed by atoms with Crippen LogP contribution in [-0.2, 0) is 6.54 Å². The molecule has 0 aliphatic rings. The van der Waals surface area contributed by atoms with Crippen LogP contribution in [0.5, 0.6) is 11.6 Å². The smallest absolute Gasteiger partial charge is 0.231 e. The highest BCUT2D eigenvalue weighted by Gasteiger charge is 2.13. The standard InChI is InChI=1S/C14H19N3O2S/c1-17(2)14-16-13(19-4)12(20-14)9-15-10-7-5-6-8-11(10)18-3/h5-8,15H,9H2,1-4H3. The summed E-state index contributed by atoms with van der Waals surface area (Å²) in [6.07, 6.45) is 0. The molecule has 5 nitrogen and oxygen atoms in total. The number of rotatable bonds is 6. The van der Waals surface area contributed by atoms with Crippen LogP contribution < -0.4 is 19.7 Å². The number of benzene rings is 1. The first-order chi connectivity index (χ1) is 9.65. The molecule has 0 amide bonds. The summed E-state index contributed by atoms with van der Waals surface area (Å²) in [7, 11) is 7.24. The Labute approximate surface area is 123 Å². The maximum atomic E-state index is 5.32. The van der Waals surface area contributed by atoms with Gasteiger partial charge in [-0.25, -0.2) is 0 Å². The summed E-state index contributed by atoms with van der Waals surface area (Å²) in [4.78, 5) is 7.46. The number of hydrogen-bond donors (Lipinski definition) is 1. The van der Waals surface area contributed by atoms with E-state index >= 15 is 0 Å². The van der Waals surface area contributed by atoms with Crippen molar-refractivity contribution in [3.8, 4) is 11.6 Å². The van der Waals surface area contributed by atoms with Crippen LogP contribution in [-0.4, -0.2) is 33.3 Å². The third-order valence-corrected chi connectivity index (χ3v) is 3.98. The molecule has 108 valence electrons. The van der Waals surface area contributed by atoms with Crippen LogP contribution in [0.2, 0.25) is 0 Å². The van der Waals surface area contributed by atoms with E-state index in [1.807, 2.05) is 43.3 Å². The molecule has 0 saturated carbocycles. The van der Waals surface area contributed by atoms with Gasteiger partial charge in [0.15, 0.2) is 5.13 Å². The molecule has 0 bridgehead atoms. The van der Waals surface area contributed by atoms with Crippen LogP contribution in [0, 0.1) is 0 Å². The largest absolute Gasteiger partial charge is 0.495 e. The summed E-state index contributed by atoms with van der Waals surface area (Å²) in [6.45, 7) is 0.648. The minimum atomic E-state index is 0.648. The van der Waals surface area contributed by atoms with Gasteiger partial charge in [0.25, 0.3) is 0 Å². The lowest BCUT2D eigenvalue weighted by Crippen LogP contribution is -2.07. The van der Waals surface area contributed by atoms with Crippen LogP contribution in [0.4, 0.5) is 10.8 Å². The van der Waals surface area contributed by atoms with Crippen LogP contribution in [0.15, 0.2) is 24.3 Å². The van der Waals surface area contributed by atoms with Crippen molar-refractivity contribution in [3.63, 3.8) is 0 Å². The molecule has 1 N–H and O–H groups in total. The fourth-order valence-corrected chi connectivity index (χ4v) is 2.65. The Hall–Kier alpha value is -1.95. The van der Waals surface area contributed by atoms with Crippen molar-refractivity contribution in [1.29, 1.82) is 0 Å². The molecular weight excluding hydrogens is 274 g/mol. The highest BCUT2D eigenvalue weighted by Crippen LogP contribution is 2.32. The monoisotopic (exact) mass is 293 g/mol. The minimum Gasteiger partial charge on any atom is -0.495 e. The number of ether oxygens (including phenoxy) is 2. The lowest BCUT2D eigenvalue weighted by molar-refractivity contribution is 0.397. The lowest BCUT2D eigenvalue weighted by Gasteiger charge is -2.10. The predicted molar refractivity (Wildman–Crippen MR) is 83.3 cm³/mol. The Morgan fingerprint density at radius 1 is 1.20 bits per heavy atom. The molecule has 1 heterocycles. The number of methoxy groups -OCH3 is 2. The first-order valence-corrected chi connectivity index (χ1v) is 7.05. The SMILES string of the molecule is COc1ccccc1NCc1sc(N(C)C)nc1OC. The van der Waals surface area contributed by atoms with Gasteiger partial charge in [0.2, 0.25) is 5.88 Å². The quantitative estimate of drug-likeness (QED) is 0.887. The Balaban J connectivity index is 2.14. The molecule has 0 radical (unpaired) electrons. The van der Waals surface area contributed by atoms with E-state index in [2.05, 4.69) is 10.3 Å². The zero-order valence-electron chi connectivity index (χ0n) is 12.1. The van der Waals surface area contributed by atoms with E-state index in [4.69, 9.17) is 9.47 Å². The highest BCUT2D eigenvalue weighted by atomic mass is 32.1. The van der Waals surface area contributed by atoms with Gasteiger partial charge in [-0.3, -0.25) is 0 Å². The molecule has 0 aliphatic carbocycles. The Morgan fingerprint density at radius 3 is 2.60 bits per heavy atom. The summed E-state index contributed by atoms with van der Waals surface area (Å²) in [6, 6.07) is 7.83. The number of hydrogen-bond acceptors (Lipinski definition) is 6. The molecule has 0 spiro atoms. The number of nitrogens with one attached hydrogen (secondary N) is 1. The second kappa shape index (κ2) is 6.47. The number of aromatic nitrogens is 1. The molecule has 2 rings (SSSR count). The first-order valence-electron chi connectivity index (χ1n) is 6.23. The van der Waals surface area contributed by atoms with E-state index in [1.165, 1.54) is 0 Å². The number of nitrogens with zero attached hydrogens (tertiary/aromatic N) is 2. The second-order valence-electron chi connectivity index (χ2n) is 4.38. The molecule has 0 atom stereocenters. The zero-order chi connectivity index (χ0) is 14.5. The average Bonchev–Trinajstić information content (AvgIpc) is 2.89. The van der Waals surface area contributed by atoms with Gasteiger partial charge in [0, 0.05) is 14.1 Å². The van der Waals surface area contributed by atoms with Crippen molar-refractivity contribution in [1.82, 2.24) is 4.98 Å². The fraction of sp³-hybridized carbons (Fsp3) is 0.357. The first kappa shape index (κ1) is 14.5. The van der Waals surface area contributed by atoms with Crippen molar-refractivity contribution in [2.24, 2.45) is 0 Å². The van der Waals surface area contributed by atoms with Gasteiger partial charge in [0.05, 0.1) is 31.3 Å². The van der Waals surface area contributed by atoms with Gasteiger partial charge in [-0.1, -0.05) is 23.5 Å². The molecule has 1 aromatic carbocycles. The van der Waals surface area contributed by atoms with E-state index in [0.717, 1.165) is 21.4 Å². The van der Waals surface area contributed by atoms with Gasteiger partial charge in [-0.05, 0) is 12.1 Å². The molecule has 0 aliphatic heterocycles. The predicted octanol–water partition coefficient (Wildman–Crippen LogP) is 2.84. The summed E-state index contributed by atoms with van der Waals surface area (Å²) in [5, 5.41) is 4.28. The number of para-hydroxylation sites is 2. The van der Waals surface area contributed by atoms with Crippen LogP contribution in [0.3, 0.4) is 0 Å². The number of thiazole rings is 1. The molecular formula is C14H19N3O2S. The average molecular weight is 293 g/mol. The minimum absolute atomic E-state index is 0.648. The summed E-state index contributed by atoms with van der Waals surface area (Å²) in [5.74, 6) is 1.49. The van der Waals surface area contributed by atoms with E-state index in [-0.39, 0.29) is 0 Å². The Bertz CT molecular complexity index is 569. The van der Waals surface area contributed by atoms with Gasteiger partial charge < -0.3 is 19.7 Å². The van der Waals surface area contributed by atoms with Gasteiger partial charge in [-0.2, -0.15) is 4.98 Å². The molecule has 0 saturated heterocycles. The topological polar surface area (TPSA) is 46.6 Å². The van der Waals surface area contributed by atoms with E-state index in [1.54, 1.807) is 25.6 Å². The van der Waals surface area contributed by atoms with E-state index in [0.29, 0.717) is 12.4 Å². The summed E-state index contributed by atoms with van der Waals surface area (Å²) in [5.41, 5.74) is 0.955. The normalized spacial score (nSPS) is 10.2. The molecule has 0 unspecified atom stereocenters. The Morgan fingerprint density at radius 2 is 1.95 bits per heavy atom. The number of anilines is 2. The fourth-order valence-electron chi connectivity index (χ4n) is 1.75. The van der Waals surface area contributed by atoms with Crippen molar-refractivity contribution < 1.29 is 9.47 Å². The maximum absolute atomic E-state index is 5.32. The van der Waals surface area contributed by atoms with E-state index < -0.39 is 0 Å². The van der Waals surface area contributed by atoms with Crippen molar-refractivity contribution in [2.75, 3.05) is 38.5 Å². The summed E-state index contributed by atoms with van der Waals surface area (Å²) < 4.78 is 10.6. The van der Waals surface area contributed by atoms with Crippen molar-refractivity contribution in [3.05, 3.63) is 29.1 Å². The molecule has 1 aromatic heterocycles. The second-order valence-corrected chi connectivity index (χ2v) is 5.44. The van der Waals surface area contributed by atoms with Gasteiger partial charge in [0.1, 0.15) is 5.75 Å². The maximum Gasteiger partial charge on any atom is 0.231 e. The lowest BCUT2D eigenvalue weighted by atomic mass is 10.3. The van der Waals surface area contributed by atoms with E-state index in [9.17, 15) is 0 Å².